The lowest BCUT2D eigenvalue weighted by atomic mass is 10.1. The van der Waals surface area contributed by atoms with Crippen LogP contribution >= 0.6 is 11.6 Å². The third-order valence-electron chi connectivity index (χ3n) is 4.74. The Labute approximate surface area is 175 Å². The van der Waals surface area contributed by atoms with Crippen LogP contribution in [-0.4, -0.2) is 45.9 Å². The van der Waals surface area contributed by atoms with Crippen molar-refractivity contribution in [3.05, 3.63) is 47.0 Å². The molecule has 1 heterocycles. The summed E-state index contributed by atoms with van der Waals surface area (Å²) >= 11 is 6.16. The third kappa shape index (κ3) is 4.66. The monoisotopic (exact) mass is 438 g/mol. The van der Waals surface area contributed by atoms with Crippen molar-refractivity contribution >= 4 is 33.2 Å². The number of hydrogen-bond donors (Lipinski definition) is 1. The first-order chi connectivity index (χ1) is 13.9. The van der Waals surface area contributed by atoms with Gasteiger partial charge in [-0.25, -0.2) is 8.42 Å². The van der Waals surface area contributed by atoms with Gasteiger partial charge in [-0.05, 0) is 43.2 Å². The number of rotatable bonds is 6. The maximum atomic E-state index is 12.9. The van der Waals surface area contributed by atoms with Crippen LogP contribution in [0.25, 0.3) is 0 Å². The summed E-state index contributed by atoms with van der Waals surface area (Å²) in [6, 6.07) is 9.21. The highest BCUT2D eigenvalue weighted by molar-refractivity contribution is 7.89. The highest BCUT2D eigenvalue weighted by Gasteiger charge is 2.26. The molecule has 2 aromatic carbocycles. The molecule has 0 aromatic heterocycles. The van der Waals surface area contributed by atoms with Gasteiger partial charge in [0, 0.05) is 24.3 Å². The molecule has 1 aliphatic rings. The van der Waals surface area contributed by atoms with Crippen molar-refractivity contribution < 1.29 is 22.7 Å². The average molecular weight is 439 g/mol. The van der Waals surface area contributed by atoms with E-state index < -0.39 is 15.9 Å². The Kier molecular flexibility index (Phi) is 6.66. The molecule has 9 heteroatoms. The highest BCUT2D eigenvalue weighted by atomic mass is 35.5. The van der Waals surface area contributed by atoms with Crippen molar-refractivity contribution in [3.63, 3.8) is 0 Å². The van der Waals surface area contributed by atoms with E-state index in [1.807, 2.05) is 0 Å². The zero-order valence-corrected chi connectivity index (χ0v) is 17.8. The van der Waals surface area contributed by atoms with Crippen molar-refractivity contribution in [3.8, 4) is 11.5 Å². The van der Waals surface area contributed by atoms with E-state index in [4.69, 9.17) is 21.1 Å². The summed E-state index contributed by atoms with van der Waals surface area (Å²) < 4.78 is 37.6. The number of sulfonamides is 1. The number of methoxy groups -OCH3 is 2. The van der Waals surface area contributed by atoms with Crippen LogP contribution in [0.3, 0.4) is 0 Å². The number of ether oxygens (including phenoxy) is 2. The molecule has 1 saturated heterocycles. The van der Waals surface area contributed by atoms with E-state index in [0.29, 0.717) is 30.3 Å². The molecule has 2 aromatic rings. The first kappa shape index (κ1) is 21.4. The molecular weight excluding hydrogens is 416 g/mol. The summed E-state index contributed by atoms with van der Waals surface area (Å²) in [5.41, 5.74) is 0.635. The number of piperidine rings is 1. The van der Waals surface area contributed by atoms with Gasteiger partial charge in [0.1, 0.15) is 0 Å². The molecule has 1 fully saturated rings. The molecule has 0 radical (unpaired) electrons. The van der Waals surface area contributed by atoms with Crippen LogP contribution in [0.4, 0.5) is 5.69 Å². The summed E-state index contributed by atoms with van der Waals surface area (Å²) in [7, 11) is -0.682. The minimum atomic E-state index is -3.59. The minimum Gasteiger partial charge on any atom is -0.493 e. The Hall–Kier alpha value is -2.29. The molecule has 0 saturated carbocycles. The molecule has 29 heavy (non-hydrogen) atoms. The van der Waals surface area contributed by atoms with Crippen molar-refractivity contribution in [2.24, 2.45) is 0 Å². The summed E-state index contributed by atoms with van der Waals surface area (Å²) in [5, 5.41) is 2.95. The normalized spacial score (nSPS) is 15.0. The van der Waals surface area contributed by atoms with Gasteiger partial charge in [-0.3, -0.25) is 4.79 Å². The predicted molar refractivity (Wildman–Crippen MR) is 112 cm³/mol. The van der Waals surface area contributed by atoms with Crippen molar-refractivity contribution in [2.45, 2.75) is 24.2 Å². The molecule has 0 unspecified atom stereocenters. The number of amides is 1. The minimum absolute atomic E-state index is 0.155. The van der Waals surface area contributed by atoms with E-state index in [0.717, 1.165) is 19.3 Å². The topological polar surface area (TPSA) is 84.9 Å². The van der Waals surface area contributed by atoms with Crippen molar-refractivity contribution in [2.75, 3.05) is 32.6 Å². The van der Waals surface area contributed by atoms with Gasteiger partial charge in [-0.15, -0.1) is 0 Å². The second kappa shape index (κ2) is 9.02. The van der Waals surface area contributed by atoms with Crippen LogP contribution in [0.2, 0.25) is 5.02 Å². The molecular formula is C20H23ClN2O5S. The van der Waals surface area contributed by atoms with Gasteiger partial charge in [0.25, 0.3) is 5.91 Å². The standard InChI is InChI=1S/C20H23ClN2O5S/c1-27-18-12-14(11-17(21)19(18)28-2)20(24)22-15-7-6-8-16(13-15)29(25,26)23-9-4-3-5-10-23/h6-8,11-13H,3-5,9-10H2,1-2H3,(H,22,24). The fourth-order valence-electron chi connectivity index (χ4n) is 3.24. The molecule has 3 rings (SSSR count). The van der Waals surface area contributed by atoms with Crippen molar-refractivity contribution in [1.29, 1.82) is 0 Å². The maximum Gasteiger partial charge on any atom is 0.255 e. The number of nitrogens with zero attached hydrogens (tertiary/aromatic N) is 1. The van der Waals surface area contributed by atoms with Gasteiger partial charge in [0.05, 0.1) is 24.1 Å². The van der Waals surface area contributed by atoms with Gasteiger partial charge in [0.2, 0.25) is 10.0 Å². The van der Waals surface area contributed by atoms with E-state index in [-0.39, 0.29) is 15.5 Å². The molecule has 0 spiro atoms. The fraction of sp³-hybridized carbons (Fsp3) is 0.350. The summed E-state index contributed by atoms with van der Waals surface area (Å²) in [4.78, 5) is 12.8. The van der Waals surface area contributed by atoms with Crippen LogP contribution in [0.1, 0.15) is 29.6 Å². The van der Waals surface area contributed by atoms with Crippen LogP contribution in [-0.2, 0) is 10.0 Å². The average Bonchev–Trinajstić information content (AvgIpc) is 2.73. The van der Waals surface area contributed by atoms with E-state index in [1.54, 1.807) is 12.1 Å². The number of hydrogen-bond acceptors (Lipinski definition) is 5. The van der Waals surface area contributed by atoms with Crippen LogP contribution < -0.4 is 14.8 Å². The van der Waals surface area contributed by atoms with Crippen molar-refractivity contribution in [1.82, 2.24) is 4.31 Å². The first-order valence-electron chi connectivity index (χ1n) is 9.20. The summed E-state index contributed by atoms with van der Waals surface area (Å²) in [5.74, 6) is 0.215. The van der Waals surface area contributed by atoms with Crippen LogP contribution in [0, 0.1) is 0 Å². The Morgan fingerprint density at radius 2 is 1.79 bits per heavy atom. The lowest BCUT2D eigenvalue weighted by Crippen LogP contribution is -2.35. The Morgan fingerprint density at radius 3 is 2.45 bits per heavy atom. The lowest BCUT2D eigenvalue weighted by Gasteiger charge is -2.26. The van der Waals surface area contributed by atoms with Gasteiger partial charge in [0.15, 0.2) is 11.5 Å². The quantitative estimate of drug-likeness (QED) is 0.741. The van der Waals surface area contributed by atoms with Gasteiger partial charge in [-0.2, -0.15) is 4.31 Å². The molecule has 156 valence electrons. The largest absolute Gasteiger partial charge is 0.493 e. The Morgan fingerprint density at radius 1 is 1.07 bits per heavy atom. The SMILES string of the molecule is COc1cc(C(=O)Nc2cccc(S(=O)(=O)N3CCCCC3)c2)cc(Cl)c1OC. The van der Waals surface area contributed by atoms with E-state index in [2.05, 4.69) is 5.32 Å². The number of anilines is 1. The van der Waals surface area contributed by atoms with E-state index in [9.17, 15) is 13.2 Å². The number of carbonyl (C=O) groups is 1. The zero-order chi connectivity index (χ0) is 21.0. The molecule has 0 aliphatic carbocycles. The zero-order valence-electron chi connectivity index (χ0n) is 16.3. The van der Waals surface area contributed by atoms with Crippen LogP contribution in [0.5, 0.6) is 11.5 Å². The number of benzene rings is 2. The summed E-state index contributed by atoms with van der Waals surface area (Å²) in [6.07, 6.45) is 2.75. The summed E-state index contributed by atoms with van der Waals surface area (Å²) in [6.45, 7) is 1.03. The highest BCUT2D eigenvalue weighted by Crippen LogP contribution is 2.36. The molecule has 7 nitrogen and oxygen atoms in total. The number of carbonyl (C=O) groups excluding carboxylic acids is 1. The lowest BCUT2D eigenvalue weighted by molar-refractivity contribution is 0.102. The van der Waals surface area contributed by atoms with E-state index >= 15 is 0 Å². The fourth-order valence-corrected chi connectivity index (χ4v) is 5.09. The molecule has 1 N–H and O–H groups in total. The number of halogens is 1. The van der Waals surface area contributed by atoms with Gasteiger partial charge >= 0.3 is 0 Å². The smallest absolute Gasteiger partial charge is 0.255 e. The van der Waals surface area contributed by atoms with E-state index in [1.165, 1.54) is 42.8 Å². The third-order valence-corrected chi connectivity index (χ3v) is 6.92. The van der Waals surface area contributed by atoms with Crippen LogP contribution in [0.15, 0.2) is 41.3 Å². The molecule has 0 bridgehead atoms. The second-order valence-corrected chi connectivity index (χ2v) is 8.99. The molecule has 1 aliphatic heterocycles. The van der Waals surface area contributed by atoms with Gasteiger partial charge in [-0.1, -0.05) is 24.1 Å². The first-order valence-corrected chi connectivity index (χ1v) is 11.0. The predicted octanol–water partition coefficient (Wildman–Crippen LogP) is 3.78. The number of nitrogens with one attached hydrogen (secondary N) is 1. The second-order valence-electron chi connectivity index (χ2n) is 6.64. The Bertz CT molecular complexity index is 1000. The Balaban J connectivity index is 1.83. The maximum absolute atomic E-state index is 12.9. The molecule has 1 amide bonds. The molecule has 0 atom stereocenters. The van der Waals surface area contributed by atoms with Gasteiger partial charge < -0.3 is 14.8 Å².